The zero-order valence-electron chi connectivity index (χ0n) is 13.7. The molecule has 0 saturated carbocycles. The van der Waals surface area contributed by atoms with Crippen molar-refractivity contribution >= 4 is 22.7 Å². The first-order valence-electron chi connectivity index (χ1n) is 8.55. The lowest BCUT2D eigenvalue weighted by molar-refractivity contribution is 0.574. The first-order chi connectivity index (χ1) is 11.9. The predicted molar refractivity (Wildman–Crippen MR) is 97.2 cm³/mol. The Morgan fingerprint density at radius 2 is 1.83 bits per heavy atom. The van der Waals surface area contributed by atoms with Crippen molar-refractivity contribution in [3.63, 3.8) is 0 Å². The molecule has 3 aromatic rings. The smallest absolute Gasteiger partial charge is 0.225 e. The Morgan fingerprint density at radius 1 is 0.958 bits per heavy atom. The maximum atomic E-state index is 4.82. The van der Waals surface area contributed by atoms with Crippen molar-refractivity contribution in [2.75, 3.05) is 23.3 Å². The van der Waals surface area contributed by atoms with Crippen LogP contribution in [0, 0.1) is 0 Å². The number of para-hydroxylation sites is 1. The summed E-state index contributed by atoms with van der Waals surface area (Å²) in [4.78, 5) is 16.0. The Labute approximate surface area is 141 Å². The first kappa shape index (κ1) is 14.9. The van der Waals surface area contributed by atoms with Crippen molar-refractivity contribution in [2.24, 2.45) is 0 Å². The highest BCUT2D eigenvalue weighted by molar-refractivity contribution is 5.90. The van der Waals surface area contributed by atoms with Crippen molar-refractivity contribution in [3.05, 3.63) is 54.4 Å². The van der Waals surface area contributed by atoms with Gasteiger partial charge in [0.05, 0.1) is 5.52 Å². The molecule has 24 heavy (non-hydrogen) atoms. The number of hydrogen-bond donors (Lipinski definition) is 1. The van der Waals surface area contributed by atoms with Crippen molar-refractivity contribution in [3.8, 4) is 0 Å². The van der Waals surface area contributed by atoms with E-state index >= 15 is 0 Å². The lowest BCUT2D eigenvalue weighted by Gasteiger charge is -2.28. The minimum atomic E-state index is 0.672. The average molecular weight is 319 g/mol. The summed E-state index contributed by atoms with van der Waals surface area (Å²) in [5, 5.41) is 4.47. The van der Waals surface area contributed by atoms with Gasteiger partial charge in [-0.1, -0.05) is 18.2 Å². The van der Waals surface area contributed by atoms with Gasteiger partial charge in [0.15, 0.2) is 0 Å². The summed E-state index contributed by atoms with van der Waals surface area (Å²) in [6, 6.07) is 12.2. The molecule has 1 N–H and O–H groups in total. The third-order valence-electron chi connectivity index (χ3n) is 4.41. The van der Waals surface area contributed by atoms with Crippen LogP contribution in [0.2, 0.25) is 0 Å². The first-order valence-corrected chi connectivity index (χ1v) is 8.55. The molecular formula is C19H21N5. The molecule has 5 heteroatoms. The second-order valence-electron chi connectivity index (χ2n) is 6.15. The van der Waals surface area contributed by atoms with Crippen molar-refractivity contribution in [2.45, 2.75) is 25.8 Å². The number of nitrogens with zero attached hydrogens (tertiary/aromatic N) is 4. The molecule has 4 rings (SSSR count). The third-order valence-corrected chi connectivity index (χ3v) is 4.41. The molecule has 0 spiro atoms. The zero-order chi connectivity index (χ0) is 16.2. The molecule has 5 nitrogen and oxygen atoms in total. The number of pyridine rings is 1. The Bertz CT molecular complexity index is 812. The van der Waals surface area contributed by atoms with Gasteiger partial charge in [0.25, 0.3) is 0 Å². The largest absolute Gasteiger partial charge is 0.356 e. The summed E-state index contributed by atoms with van der Waals surface area (Å²) in [5.41, 5.74) is 2.11. The fourth-order valence-electron chi connectivity index (χ4n) is 3.17. The van der Waals surface area contributed by atoms with E-state index in [1.165, 1.54) is 19.3 Å². The molecule has 1 saturated heterocycles. The van der Waals surface area contributed by atoms with E-state index < -0.39 is 0 Å². The highest BCUT2D eigenvalue weighted by Crippen LogP contribution is 2.27. The highest BCUT2D eigenvalue weighted by Gasteiger charge is 2.16. The van der Waals surface area contributed by atoms with Gasteiger partial charge in [-0.05, 0) is 43.0 Å². The van der Waals surface area contributed by atoms with Crippen LogP contribution in [0.15, 0.2) is 48.8 Å². The number of benzene rings is 1. The SMILES string of the molecule is c1cncc(CNc2nc(N3CCCCC3)c3ccccc3n2)c1. The van der Waals surface area contributed by atoms with E-state index in [2.05, 4.69) is 38.4 Å². The van der Waals surface area contributed by atoms with E-state index in [9.17, 15) is 0 Å². The van der Waals surface area contributed by atoms with Gasteiger partial charge in [-0.25, -0.2) is 4.98 Å². The number of nitrogens with one attached hydrogen (secondary N) is 1. The molecular weight excluding hydrogens is 298 g/mol. The van der Waals surface area contributed by atoms with Gasteiger partial charge >= 0.3 is 0 Å². The fraction of sp³-hybridized carbons (Fsp3) is 0.316. The van der Waals surface area contributed by atoms with Crippen molar-refractivity contribution in [1.82, 2.24) is 15.0 Å². The summed E-state index contributed by atoms with van der Waals surface area (Å²) in [6.45, 7) is 2.82. The van der Waals surface area contributed by atoms with Gasteiger partial charge in [0, 0.05) is 37.4 Å². The molecule has 1 aliphatic rings. The number of rotatable bonds is 4. The molecule has 0 atom stereocenters. The minimum Gasteiger partial charge on any atom is -0.356 e. The topological polar surface area (TPSA) is 53.9 Å². The summed E-state index contributed by atoms with van der Waals surface area (Å²) in [7, 11) is 0. The molecule has 1 aliphatic heterocycles. The summed E-state index contributed by atoms with van der Waals surface area (Å²) in [5.74, 6) is 1.73. The summed E-state index contributed by atoms with van der Waals surface area (Å²) in [6.07, 6.45) is 7.42. The van der Waals surface area contributed by atoms with Gasteiger partial charge in [-0.15, -0.1) is 0 Å². The number of anilines is 2. The molecule has 0 amide bonds. The average Bonchev–Trinajstić information content (AvgIpc) is 2.67. The van der Waals surface area contributed by atoms with Crippen LogP contribution < -0.4 is 10.2 Å². The maximum Gasteiger partial charge on any atom is 0.225 e. The second-order valence-corrected chi connectivity index (χ2v) is 6.15. The molecule has 3 heterocycles. The molecule has 1 fully saturated rings. The third kappa shape index (κ3) is 3.15. The number of piperidine rings is 1. The van der Waals surface area contributed by atoms with Gasteiger partial charge in [-0.2, -0.15) is 4.98 Å². The van der Waals surface area contributed by atoms with Crippen LogP contribution in [0.1, 0.15) is 24.8 Å². The van der Waals surface area contributed by atoms with Crippen LogP contribution in [-0.2, 0) is 6.54 Å². The standard InChI is InChI=1S/C19H21N5/c1-4-11-24(12-5-1)18-16-8-2-3-9-17(16)22-19(23-18)21-14-15-7-6-10-20-13-15/h2-3,6-10,13H,1,4-5,11-12,14H2,(H,21,22,23). The molecule has 2 aromatic heterocycles. The van der Waals surface area contributed by atoms with Crippen LogP contribution in [0.25, 0.3) is 10.9 Å². The fourth-order valence-corrected chi connectivity index (χ4v) is 3.17. The summed E-state index contributed by atoms with van der Waals surface area (Å²) < 4.78 is 0. The Hall–Kier alpha value is -2.69. The lowest BCUT2D eigenvalue weighted by atomic mass is 10.1. The van der Waals surface area contributed by atoms with E-state index in [1.807, 2.05) is 24.4 Å². The van der Waals surface area contributed by atoms with Crippen LogP contribution >= 0.6 is 0 Å². The summed E-state index contributed by atoms with van der Waals surface area (Å²) >= 11 is 0. The number of aromatic nitrogens is 3. The highest BCUT2D eigenvalue weighted by atomic mass is 15.2. The van der Waals surface area contributed by atoms with E-state index in [-0.39, 0.29) is 0 Å². The molecule has 0 bridgehead atoms. The normalized spacial score (nSPS) is 14.8. The predicted octanol–water partition coefficient (Wildman–Crippen LogP) is 3.63. The van der Waals surface area contributed by atoms with E-state index in [4.69, 9.17) is 4.98 Å². The monoisotopic (exact) mass is 319 g/mol. The Balaban J connectivity index is 1.65. The van der Waals surface area contributed by atoms with E-state index in [1.54, 1.807) is 6.20 Å². The van der Waals surface area contributed by atoms with Gasteiger partial charge < -0.3 is 10.2 Å². The molecule has 0 unspecified atom stereocenters. The van der Waals surface area contributed by atoms with Crippen LogP contribution in [0.4, 0.5) is 11.8 Å². The van der Waals surface area contributed by atoms with Crippen LogP contribution in [-0.4, -0.2) is 28.0 Å². The quantitative estimate of drug-likeness (QED) is 0.796. The van der Waals surface area contributed by atoms with Crippen molar-refractivity contribution in [1.29, 1.82) is 0 Å². The molecule has 0 aliphatic carbocycles. The molecule has 122 valence electrons. The number of hydrogen-bond acceptors (Lipinski definition) is 5. The number of fused-ring (bicyclic) bond motifs is 1. The lowest BCUT2D eigenvalue weighted by Crippen LogP contribution is -2.30. The molecule has 1 aromatic carbocycles. The molecule has 0 radical (unpaired) electrons. The Kier molecular flexibility index (Phi) is 4.23. The maximum absolute atomic E-state index is 4.82. The van der Waals surface area contributed by atoms with E-state index in [0.717, 1.165) is 35.4 Å². The van der Waals surface area contributed by atoms with Gasteiger partial charge in [0.1, 0.15) is 5.82 Å². The van der Waals surface area contributed by atoms with Gasteiger partial charge in [0.2, 0.25) is 5.95 Å². The van der Waals surface area contributed by atoms with E-state index in [0.29, 0.717) is 12.5 Å². The van der Waals surface area contributed by atoms with Gasteiger partial charge in [-0.3, -0.25) is 4.98 Å². The zero-order valence-corrected chi connectivity index (χ0v) is 13.7. The van der Waals surface area contributed by atoms with Crippen LogP contribution in [0.3, 0.4) is 0 Å². The van der Waals surface area contributed by atoms with Crippen LogP contribution in [0.5, 0.6) is 0 Å². The van der Waals surface area contributed by atoms with Crippen molar-refractivity contribution < 1.29 is 0 Å². The Morgan fingerprint density at radius 3 is 2.67 bits per heavy atom. The minimum absolute atomic E-state index is 0.672. The second kappa shape index (κ2) is 6.83.